The first kappa shape index (κ1) is 8.58. The van der Waals surface area contributed by atoms with E-state index in [4.69, 9.17) is 0 Å². The van der Waals surface area contributed by atoms with E-state index in [1.807, 2.05) is 0 Å². The Bertz CT molecular complexity index is 314. The van der Waals surface area contributed by atoms with Crippen LogP contribution >= 0.6 is 0 Å². The number of nitrogens with one attached hydrogen (secondary N) is 1. The maximum Gasteiger partial charge on any atom is 0.254 e. The van der Waals surface area contributed by atoms with Crippen molar-refractivity contribution in [2.45, 2.75) is 0 Å². The van der Waals surface area contributed by atoms with Crippen molar-refractivity contribution in [3.63, 3.8) is 0 Å². The van der Waals surface area contributed by atoms with Crippen LogP contribution in [0.1, 0.15) is 10.4 Å². The van der Waals surface area contributed by atoms with Crippen LogP contribution in [0.4, 0.5) is 8.78 Å². The van der Waals surface area contributed by atoms with E-state index in [2.05, 4.69) is 10.3 Å². The van der Waals surface area contributed by atoms with Crippen LogP contribution in [0.3, 0.4) is 0 Å². The van der Waals surface area contributed by atoms with E-state index in [-0.39, 0.29) is 5.56 Å². The molecule has 3 nitrogen and oxygen atoms in total. The van der Waals surface area contributed by atoms with E-state index in [9.17, 15) is 13.6 Å². The first-order valence-electron chi connectivity index (χ1n) is 3.19. The van der Waals surface area contributed by atoms with Gasteiger partial charge in [-0.3, -0.25) is 4.79 Å². The Morgan fingerprint density at radius 1 is 1.58 bits per heavy atom. The second kappa shape index (κ2) is 3.25. The van der Waals surface area contributed by atoms with Crippen LogP contribution in [0.2, 0.25) is 0 Å². The van der Waals surface area contributed by atoms with Crippen LogP contribution in [0.15, 0.2) is 12.3 Å². The van der Waals surface area contributed by atoms with E-state index >= 15 is 0 Å². The lowest BCUT2D eigenvalue weighted by Crippen LogP contribution is -2.20. The molecule has 0 radical (unpaired) electrons. The summed E-state index contributed by atoms with van der Waals surface area (Å²) in [6.07, 6.45) is 1.03. The van der Waals surface area contributed by atoms with Crippen LogP contribution in [-0.4, -0.2) is 17.9 Å². The molecule has 0 aliphatic rings. The summed E-state index contributed by atoms with van der Waals surface area (Å²) in [6, 6.07) is 1.11. The Morgan fingerprint density at radius 3 is 2.83 bits per heavy atom. The minimum absolute atomic E-state index is 0.343. The Hall–Kier alpha value is -1.52. The molecule has 0 atom stereocenters. The van der Waals surface area contributed by atoms with Crippen molar-refractivity contribution < 1.29 is 13.6 Å². The number of carbonyl (C=O) groups is 1. The summed E-state index contributed by atoms with van der Waals surface area (Å²) in [5.74, 6) is -3.17. The minimum atomic E-state index is -1.27. The highest BCUT2D eigenvalue weighted by atomic mass is 19.2. The molecule has 1 heterocycles. The fourth-order valence-electron chi connectivity index (χ4n) is 0.728. The van der Waals surface area contributed by atoms with Gasteiger partial charge in [0.25, 0.3) is 5.91 Å². The van der Waals surface area contributed by atoms with Gasteiger partial charge in [0.05, 0.1) is 5.56 Å². The summed E-state index contributed by atoms with van der Waals surface area (Å²) in [7, 11) is 1.33. The van der Waals surface area contributed by atoms with E-state index < -0.39 is 17.7 Å². The number of hydrogen-bond acceptors (Lipinski definition) is 2. The fourth-order valence-corrected chi connectivity index (χ4v) is 0.728. The molecule has 0 unspecified atom stereocenters. The number of halogens is 2. The molecule has 0 aliphatic heterocycles. The SMILES string of the molecule is CNC(=O)c1ccnc(F)c1F. The quantitative estimate of drug-likeness (QED) is 0.634. The van der Waals surface area contributed by atoms with Crippen molar-refractivity contribution in [1.82, 2.24) is 10.3 Å². The molecule has 0 bridgehead atoms. The second-order valence-electron chi connectivity index (χ2n) is 2.04. The minimum Gasteiger partial charge on any atom is -0.355 e. The molecule has 0 saturated carbocycles. The predicted octanol–water partition coefficient (Wildman–Crippen LogP) is 0.719. The first-order valence-corrected chi connectivity index (χ1v) is 3.19. The summed E-state index contributed by atoms with van der Waals surface area (Å²) >= 11 is 0. The van der Waals surface area contributed by atoms with E-state index in [0.29, 0.717) is 0 Å². The lowest BCUT2D eigenvalue weighted by atomic mass is 10.2. The number of nitrogens with zero attached hydrogens (tertiary/aromatic N) is 1. The maximum absolute atomic E-state index is 12.7. The summed E-state index contributed by atoms with van der Waals surface area (Å²) in [4.78, 5) is 13.9. The van der Waals surface area contributed by atoms with E-state index in [1.54, 1.807) is 0 Å². The largest absolute Gasteiger partial charge is 0.355 e. The van der Waals surface area contributed by atoms with E-state index in [1.165, 1.54) is 7.05 Å². The molecule has 0 saturated heterocycles. The maximum atomic E-state index is 12.7. The zero-order valence-electron chi connectivity index (χ0n) is 6.27. The Morgan fingerprint density at radius 2 is 2.25 bits per heavy atom. The summed E-state index contributed by atoms with van der Waals surface area (Å²) < 4.78 is 25.2. The van der Waals surface area contributed by atoms with Crippen LogP contribution in [0.5, 0.6) is 0 Å². The molecule has 1 rings (SSSR count). The Kier molecular flexibility index (Phi) is 2.32. The van der Waals surface area contributed by atoms with Crippen LogP contribution < -0.4 is 5.32 Å². The average Bonchev–Trinajstić information content (AvgIpc) is 2.08. The highest BCUT2D eigenvalue weighted by Gasteiger charge is 2.13. The highest BCUT2D eigenvalue weighted by Crippen LogP contribution is 2.07. The zero-order chi connectivity index (χ0) is 9.14. The number of carbonyl (C=O) groups excluding carboxylic acids is 1. The molecule has 1 N–H and O–H groups in total. The van der Waals surface area contributed by atoms with Gasteiger partial charge in [0.15, 0.2) is 5.82 Å². The van der Waals surface area contributed by atoms with Gasteiger partial charge in [-0.1, -0.05) is 0 Å². The lowest BCUT2D eigenvalue weighted by molar-refractivity contribution is 0.0957. The zero-order valence-corrected chi connectivity index (χ0v) is 6.27. The predicted molar refractivity (Wildman–Crippen MR) is 37.5 cm³/mol. The molecule has 0 spiro atoms. The first-order chi connectivity index (χ1) is 5.66. The lowest BCUT2D eigenvalue weighted by Gasteiger charge is -1.99. The third-order valence-electron chi connectivity index (χ3n) is 1.32. The van der Waals surface area contributed by atoms with Gasteiger partial charge in [-0.05, 0) is 6.07 Å². The Balaban J connectivity index is 3.16. The van der Waals surface area contributed by atoms with Crippen molar-refractivity contribution in [3.05, 3.63) is 29.6 Å². The van der Waals surface area contributed by atoms with Crippen LogP contribution in [0.25, 0.3) is 0 Å². The van der Waals surface area contributed by atoms with Gasteiger partial charge in [0.2, 0.25) is 5.95 Å². The van der Waals surface area contributed by atoms with Crippen molar-refractivity contribution in [1.29, 1.82) is 0 Å². The van der Waals surface area contributed by atoms with Gasteiger partial charge in [-0.2, -0.15) is 4.39 Å². The van der Waals surface area contributed by atoms with E-state index in [0.717, 1.165) is 12.3 Å². The van der Waals surface area contributed by atoms with Gasteiger partial charge < -0.3 is 5.32 Å². The van der Waals surface area contributed by atoms with Gasteiger partial charge >= 0.3 is 0 Å². The molecular formula is C7H6F2N2O. The van der Waals surface area contributed by atoms with Crippen LogP contribution in [0, 0.1) is 11.8 Å². The average molecular weight is 172 g/mol. The normalized spacial score (nSPS) is 9.58. The van der Waals surface area contributed by atoms with Crippen molar-refractivity contribution >= 4 is 5.91 Å². The highest BCUT2D eigenvalue weighted by molar-refractivity contribution is 5.94. The number of hydrogen-bond donors (Lipinski definition) is 1. The number of rotatable bonds is 1. The van der Waals surface area contributed by atoms with Gasteiger partial charge in [-0.15, -0.1) is 0 Å². The van der Waals surface area contributed by atoms with Gasteiger partial charge in [0, 0.05) is 13.2 Å². The van der Waals surface area contributed by atoms with Gasteiger partial charge in [0.1, 0.15) is 0 Å². The van der Waals surface area contributed by atoms with Crippen molar-refractivity contribution in [2.75, 3.05) is 7.05 Å². The van der Waals surface area contributed by atoms with Crippen LogP contribution in [-0.2, 0) is 0 Å². The van der Waals surface area contributed by atoms with Gasteiger partial charge in [-0.25, -0.2) is 9.37 Å². The topological polar surface area (TPSA) is 42.0 Å². The number of aromatic nitrogens is 1. The molecule has 0 fully saturated rings. The standard InChI is InChI=1S/C7H6F2N2O/c1-10-7(12)4-2-3-11-6(9)5(4)8/h2-3H,1H3,(H,10,12). The molecule has 0 aromatic carbocycles. The molecule has 12 heavy (non-hydrogen) atoms. The molecular weight excluding hydrogens is 166 g/mol. The summed E-state index contributed by atoms with van der Waals surface area (Å²) in [5.41, 5.74) is -0.343. The molecule has 1 amide bonds. The smallest absolute Gasteiger partial charge is 0.254 e. The fraction of sp³-hybridized carbons (Fsp3) is 0.143. The molecule has 64 valence electrons. The molecule has 1 aromatic heterocycles. The third-order valence-corrected chi connectivity index (χ3v) is 1.32. The third kappa shape index (κ3) is 1.39. The number of amides is 1. The van der Waals surface area contributed by atoms with Crippen molar-refractivity contribution in [3.8, 4) is 0 Å². The van der Waals surface area contributed by atoms with Crippen molar-refractivity contribution in [2.24, 2.45) is 0 Å². The second-order valence-corrected chi connectivity index (χ2v) is 2.04. The monoisotopic (exact) mass is 172 g/mol. The Labute approximate surface area is 67.4 Å². The summed E-state index contributed by atoms with van der Waals surface area (Å²) in [5, 5.41) is 2.18. The molecule has 5 heteroatoms. The number of pyridine rings is 1. The molecule has 0 aliphatic carbocycles. The summed E-state index contributed by atoms with van der Waals surface area (Å²) in [6.45, 7) is 0. The molecule has 1 aromatic rings.